The predicted molar refractivity (Wildman–Crippen MR) is 64.7 cm³/mol. The smallest absolute Gasteiger partial charge is 0.410 e. The Morgan fingerprint density at radius 1 is 1.12 bits per heavy atom. The lowest BCUT2D eigenvalue weighted by molar-refractivity contribution is -0.144. The Morgan fingerprint density at radius 3 is 2.12 bits per heavy atom. The number of rotatable bonds is 5. The van der Waals surface area contributed by atoms with Gasteiger partial charge in [0.25, 0.3) is 0 Å². The zero-order valence-electron chi connectivity index (χ0n) is 11.4. The molecular weight excluding hydrogens is 222 g/mol. The Labute approximate surface area is 103 Å². The van der Waals surface area contributed by atoms with Crippen LogP contribution in [0.3, 0.4) is 0 Å². The van der Waals surface area contributed by atoms with Gasteiger partial charge in [-0.3, -0.25) is 9.69 Å². The van der Waals surface area contributed by atoms with Gasteiger partial charge in [-0.25, -0.2) is 4.79 Å². The van der Waals surface area contributed by atoms with Crippen LogP contribution in [0.4, 0.5) is 4.79 Å². The summed E-state index contributed by atoms with van der Waals surface area (Å²) in [5.41, 5.74) is -0.0843. The molecular formula is C12H23NO4. The lowest BCUT2D eigenvalue weighted by atomic mass is 9.99. The van der Waals surface area contributed by atoms with Crippen LogP contribution in [-0.2, 0) is 14.3 Å². The van der Waals surface area contributed by atoms with Crippen LogP contribution in [0.5, 0.6) is 0 Å². The molecule has 0 atom stereocenters. The molecule has 0 spiro atoms. The molecule has 17 heavy (non-hydrogen) atoms. The van der Waals surface area contributed by atoms with Crippen molar-refractivity contribution < 1.29 is 19.1 Å². The maximum atomic E-state index is 11.7. The van der Waals surface area contributed by atoms with Crippen molar-refractivity contribution >= 4 is 12.1 Å². The summed E-state index contributed by atoms with van der Waals surface area (Å²) in [6.07, 6.45) is -0.476. The number of nitrogens with zero attached hydrogens (tertiary/aromatic N) is 1. The van der Waals surface area contributed by atoms with E-state index in [1.807, 2.05) is 20.8 Å². The van der Waals surface area contributed by atoms with Gasteiger partial charge < -0.3 is 9.47 Å². The van der Waals surface area contributed by atoms with Gasteiger partial charge in [0.2, 0.25) is 0 Å². The van der Waals surface area contributed by atoms with Gasteiger partial charge in [-0.2, -0.15) is 0 Å². The lowest BCUT2D eigenvalue weighted by Crippen LogP contribution is -2.37. The van der Waals surface area contributed by atoms with Gasteiger partial charge in [0.1, 0.15) is 6.54 Å². The van der Waals surface area contributed by atoms with Crippen molar-refractivity contribution in [3.8, 4) is 0 Å². The largest absolute Gasteiger partial charge is 0.465 e. The topological polar surface area (TPSA) is 55.8 Å². The minimum Gasteiger partial charge on any atom is -0.465 e. The first-order chi connectivity index (χ1) is 7.80. The van der Waals surface area contributed by atoms with E-state index in [1.165, 1.54) is 4.90 Å². The summed E-state index contributed by atoms with van der Waals surface area (Å²) in [6.45, 7) is 10.4. The Bertz CT molecular complexity index is 258. The van der Waals surface area contributed by atoms with Gasteiger partial charge >= 0.3 is 12.1 Å². The third-order valence-electron chi connectivity index (χ3n) is 1.89. The van der Waals surface area contributed by atoms with Crippen molar-refractivity contribution in [3.63, 3.8) is 0 Å². The summed E-state index contributed by atoms with van der Waals surface area (Å²) in [5, 5.41) is 0. The van der Waals surface area contributed by atoms with E-state index in [-0.39, 0.29) is 12.0 Å². The van der Waals surface area contributed by atoms with E-state index in [0.717, 1.165) is 0 Å². The second-order valence-electron chi connectivity index (χ2n) is 4.93. The van der Waals surface area contributed by atoms with Crippen LogP contribution in [-0.4, -0.2) is 43.3 Å². The Hall–Kier alpha value is -1.26. The van der Waals surface area contributed by atoms with Crippen LogP contribution in [0.25, 0.3) is 0 Å². The SMILES string of the molecule is CCOC(=O)CN(CC)C(=O)OCC(C)(C)C. The zero-order chi connectivity index (χ0) is 13.5. The minimum atomic E-state index is -0.476. The highest BCUT2D eigenvalue weighted by atomic mass is 16.6. The Kier molecular flexibility index (Phi) is 6.61. The predicted octanol–water partition coefficient (Wildman–Crippen LogP) is 2.05. The van der Waals surface area contributed by atoms with Gasteiger partial charge in [-0.05, 0) is 19.3 Å². The number of hydrogen-bond acceptors (Lipinski definition) is 4. The molecule has 0 aliphatic carbocycles. The quantitative estimate of drug-likeness (QED) is 0.696. The molecule has 5 nitrogen and oxygen atoms in total. The van der Waals surface area contributed by atoms with Crippen LogP contribution in [0.15, 0.2) is 0 Å². The Balaban J connectivity index is 4.17. The molecule has 0 saturated carbocycles. The second-order valence-corrected chi connectivity index (χ2v) is 4.93. The van der Waals surface area contributed by atoms with Gasteiger partial charge in [-0.15, -0.1) is 0 Å². The molecule has 0 heterocycles. The van der Waals surface area contributed by atoms with Gasteiger partial charge in [-0.1, -0.05) is 20.8 Å². The number of carbonyl (C=O) groups excluding carboxylic acids is 2. The van der Waals surface area contributed by atoms with Gasteiger partial charge in [0.15, 0.2) is 0 Å². The molecule has 0 fully saturated rings. The fraction of sp³-hybridized carbons (Fsp3) is 0.833. The van der Waals surface area contributed by atoms with E-state index >= 15 is 0 Å². The molecule has 0 aromatic carbocycles. The molecule has 0 bridgehead atoms. The normalized spacial score (nSPS) is 10.9. The van der Waals surface area contributed by atoms with Gasteiger partial charge in [0, 0.05) is 6.54 Å². The highest BCUT2D eigenvalue weighted by Crippen LogP contribution is 2.13. The molecule has 0 saturated heterocycles. The number of hydrogen-bond donors (Lipinski definition) is 0. The lowest BCUT2D eigenvalue weighted by Gasteiger charge is -2.23. The number of esters is 1. The first kappa shape index (κ1) is 15.7. The molecule has 0 aliphatic heterocycles. The third-order valence-corrected chi connectivity index (χ3v) is 1.89. The van der Waals surface area contributed by atoms with Crippen LogP contribution in [0.1, 0.15) is 34.6 Å². The monoisotopic (exact) mass is 245 g/mol. The van der Waals surface area contributed by atoms with E-state index in [2.05, 4.69) is 0 Å². The second kappa shape index (κ2) is 7.14. The summed E-state index contributed by atoms with van der Waals surface area (Å²) in [4.78, 5) is 24.2. The molecule has 100 valence electrons. The van der Waals surface area contributed by atoms with E-state index in [1.54, 1.807) is 13.8 Å². The highest BCUT2D eigenvalue weighted by molar-refractivity contribution is 5.78. The minimum absolute atomic E-state index is 0.0622. The van der Waals surface area contributed by atoms with Crippen LogP contribution >= 0.6 is 0 Å². The molecule has 0 radical (unpaired) electrons. The third kappa shape index (κ3) is 7.60. The molecule has 0 unspecified atom stereocenters. The molecule has 0 aliphatic rings. The maximum Gasteiger partial charge on any atom is 0.410 e. The van der Waals surface area contributed by atoms with E-state index in [4.69, 9.17) is 9.47 Å². The molecule has 5 heteroatoms. The fourth-order valence-electron chi connectivity index (χ4n) is 1.04. The molecule has 0 aromatic rings. The number of amides is 1. The number of ether oxygens (including phenoxy) is 2. The van der Waals surface area contributed by atoms with Crippen molar-refractivity contribution in [2.24, 2.45) is 5.41 Å². The van der Waals surface area contributed by atoms with Crippen molar-refractivity contribution in [2.45, 2.75) is 34.6 Å². The standard InChI is InChI=1S/C12H23NO4/c1-6-13(8-10(14)16-7-2)11(15)17-9-12(3,4)5/h6-9H2,1-5H3. The number of likely N-dealkylation sites (N-methyl/N-ethyl adjacent to an activating group) is 1. The van der Waals surface area contributed by atoms with Crippen LogP contribution in [0, 0.1) is 5.41 Å². The average molecular weight is 245 g/mol. The molecule has 1 amide bonds. The number of carbonyl (C=O) groups is 2. The van der Waals surface area contributed by atoms with Crippen molar-refractivity contribution in [1.29, 1.82) is 0 Å². The molecule has 0 N–H and O–H groups in total. The van der Waals surface area contributed by atoms with Crippen LogP contribution in [0.2, 0.25) is 0 Å². The van der Waals surface area contributed by atoms with Crippen molar-refractivity contribution in [1.82, 2.24) is 4.90 Å². The van der Waals surface area contributed by atoms with Crippen molar-refractivity contribution in [2.75, 3.05) is 26.3 Å². The first-order valence-corrected chi connectivity index (χ1v) is 5.87. The first-order valence-electron chi connectivity index (χ1n) is 5.87. The summed E-state index contributed by atoms with van der Waals surface area (Å²) in [6, 6.07) is 0. The van der Waals surface area contributed by atoms with Crippen molar-refractivity contribution in [3.05, 3.63) is 0 Å². The van der Waals surface area contributed by atoms with E-state index < -0.39 is 12.1 Å². The zero-order valence-corrected chi connectivity index (χ0v) is 11.4. The van der Waals surface area contributed by atoms with Crippen LogP contribution < -0.4 is 0 Å². The fourth-order valence-corrected chi connectivity index (χ4v) is 1.04. The van der Waals surface area contributed by atoms with E-state index in [0.29, 0.717) is 19.8 Å². The maximum absolute atomic E-state index is 11.7. The average Bonchev–Trinajstić information content (AvgIpc) is 2.22. The molecule has 0 rings (SSSR count). The van der Waals surface area contributed by atoms with E-state index in [9.17, 15) is 9.59 Å². The summed E-state index contributed by atoms with van der Waals surface area (Å²) >= 11 is 0. The molecule has 0 aromatic heterocycles. The summed E-state index contributed by atoms with van der Waals surface area (Å²) in [7, 11) is 0. The van der Waals surface area contributed by atoms with Gasteiger partial charge in [0.05, 0.1) is 13.2 Å². The Morgan fingerprint density at radius 2 is 1.71 bits per heavy atom. The highest BCUT2D eigenvalue weighted by Gasteiger charge is 2.20. The summed E-state index contributed by atoms with van der Waals surface area (Å²) < 4.78 is 9.90. The summed E-state index contributed by atoms with van der Waals surface area (Å²) in [5.74, 6) is -0.415.